The van der Waals surface area contributed by atoms with Crippen molar-refractivity contribution in [2.24, 2.45) is 0 Å². The van der Waals surface area contributed by atoms with Crippen LogP contribution in [0.3, 0.4) is 0 Å². The van der Waals surface area contributed by atoms with E-state index in [0.29, 0.717) is 22.5 Å². The summed E-state index contributed by atoms with van der Waals surface area (Å²) in [5.74, 6) is -0.375. The minimum absolute atomic E-state index is 0.0935. The molecule has 0 bridgehead atoms. The summed E-state index contributed by atoms with van der Waals surface area (Å²) in [6.07, 6.45) is -5.23. The van der Waals surface area contributed by atoms with E-state index >= 15 is 0 Å². The van der Waals surface area contributed by atoms with Crippen LogP contribution < -0.4 is 17.0 Å². The van der Waals surface area contributed by atoms with Gasteiger partial charge < -0.3 is 39.6 Å². The largest absolute Gasteiger partial charge is 0.509 e. The van der Waals surface area contributed by atoms with Gasteiger partial charge in [-0.3, -0.25) is 28.0 Å². The first-order valence-corrected chi connectivity index (χ1v) is 17.3. The lowest BCUT2D eigenvalue weighted by molar-refractivity contribution is -0.0625. The van der Waals surface area contributed by atoms with Crippen molar-refractivity contribution in [3.63, 3.8) is 0 Å². The number of rotatable bonds is 13. The van der Waals surface area contributed by atoms with Gasteiger partial charge in [0.05, 0.1) is 31.7 Å². The van der Waals surface area contributed by atoms with Crippen molar-refractivity contribution in [1.82, 2.24) is 29.1 Å². The van der Waals surface area contributed by atoms with E-state index in [-0.39, 0.29) is 12.2 Å². The molecule has 5 rings (SSSR count). The number of nitrogens with one attached hydrogen (secondary N) is 1. The molecule has 2 saturated heterocycles. The van der Waals surface area contributed by atoms with Gasteiger partial charge in [-0.15, -0.1) is 0 Å². The fraction of sp³-hybridized carbons (Fsp3) is 0.600. The molecule has 0 radical (unpaired) electrons. The number of nitrogens with zero attached hydrogens (tertiary/aromatic N) is 5. The van der Waals surface area contributed by atoms with Gasteiger partial charge in [0.25, 0.3) is 5.56 Å². The maximum Gasteiger partial charge on any atom is 0.509 e. The number of carbonyl (C=O) groups is 1. The molecule has 47 heavy (non-hydrogen) atoms. The number of ether oxygens (including phenoxy) is 5. The summed E-state index contributed by atoms with van der Waals surface area (Å²) in [6, 6.07) is 1.09. The summed E-state index contributed by atoms with van der Waals surface area (Å²) in [4.78, 5) is 50.5. The van der Waals surface area contributed by atoms with E-state index < -0.39 is 92.4 Å². The van der Waals surface area contributed by atoms with E-state index in [4.69, 9.17) is 38.5 Å². The van der Waals surface area contributed by atoms with E-state index in [1.165, 1.54) is 26.0 Å². The first kappa shape index (κ1) is 34.9. The van der Waals surface area contributed by atoms with Gasteiger partial charge in [-0.1, -0.05) is 0 Å². The van der Waals surface area contributed by atoms with Crippen molar-refractivity contribution in [3.05, 3.63) is 45.8 Å². The van der Waals surface area contributed by atoms with Crippen molar-refractivity contribution in [2.75, 3.05) is 32.0 Å². The van der Waals surface area contributed by atoms with Gasteiger partial charge in [0.15, 0.2) is 23.6 Å². The lowest BCUT2D eigenvalue weighted by atomic mass is 10.1. The van der Waals surface area contributed by atoms with Crippen molar-refractivity contribution in [3.8, 4) is 0 Å². The predicted molar refractivity (Wildman–Crippen MR) is 161 cm³/mol. The quantitative estimate of drug-likeness (QED) is 0.106. The predicted octanol–water partition coefficient (Wildman–Crippen LogP) is 0.274. The summed E-state index contributed by atoms with van der Waals surface area (Å²) < 4.78 is 55.8. The molecule has 22 heteroatoms. The Kier molecular flexibility index (Phi) is 11.0. The maximum atomic E-state index is 14.2. The third kappa shape index (κ3) is 7.85. The Labute approximate surface area is 269 Å². The average molecular weight is 704 g/mol. The molecule has 2 fully saturated rings. The number of hydrogen-bond donors (Lipinski definition) is 4. The second-order valence-corrected chi connectivity index (χ2v) is 14.6. The number of carbonyl (C=O) groups excluding carboxylic acids is 1. The number of nitrogens with two attached hydrogens (primary N) is 1. The smallest absolute Gasteiger partial charge is 0.432 e. The molecular formula is C25H34N7O13PS. The number of nitrogen functional groups attached to an aromatic ring is 1. The molecule has 0 aliphatic carbocycles. The van der Waals surface area contributed by atoms with Gasteiger partial charge in [-0.05, 0) is 13.8 Å². The van der Waals surface area contributed by atoms with Crippen molar-refractivity contribution >= 4 is 41.3 Å². The number of aliphatic hydroxyl groups excluding tert-OH is 2. The third-order valence-electron chi connectivity index (χ3n) is 7.13. The van der Waals surface area contributed by atoms with Gasteiger partial charge in [0.1, 0.15) is 42.5 Å². The molecular weight excluding hydrogens is 669 g/mol. The molecule has 20 nitrogen and oxygen atoms in total. The van der Waals surface area contributed by atoms with Crippen LogP contribution in [0.4, 0.5) is 10.6 Å². The lowest BCUT2D eigenvalue weighted by Crippen LogP contribution is -2.39. The molecule has 5 N–H and O–H groups in total. The number of aromatic amines is 1. The van der Waals surface area contributed by atoms with Crippen molar-refractivity contribution in [2.45, 2.75) is 69.3 Å². The SMILES string of the molecule is CO[C@H]1C(OP(=O)(OC[C@H]2O[C@@H](n3cnc4c(N)ncnc43)C[C@H]2O)SCOC(=O)OC(C)C)[C@@H](CO)O[C@H]1n1ccc(=O)[nH]c1=O. The van der Waals surface area contributed by atoms with Crippen LogP contribution in [0.1, 0.15) is 32.7 Å². The Morgan fingerprint density at radius 2 is 2.00 bits per heavy atom. The molecule has 258 valence electrons. The highest BCUT2D eigenvalue weighted by Crippen LogP contribution is 2.63. The highest BCUT2D eigenvalue weighted by Gasteiger charge is 2.51. The van der Waals surface area contributed by atoms with Gasteiger partial charge in [-0.25, -0.2) is 29.1 Å². The highest BCUT2D eigenvalue weighted by atomic mass is 32.7. The Bertz CT molecular complexity index is 1720. The number of hydrogen-bond acceptors (Lipinski definition) is 18. The lowest BCUT2D eigenvalue weighted by Gasteiger charge is -2.28. The number of fused-ring (bicyclic) bond motifs is 1. The Hall–Kier alpha value is -3.40. The minimum Gasteiger partial charge on any atom is -0.432 e. The molecule has 0 aromatic carbocycles. The van der Waals surface area contributed by atoms with Crippen LogP contribution in [0.25, 0.3) is 11.2 Å². The molecule has 8 atom stereocenters. The molecule has 2 aliphatic heterocycles. The Morgan fingerprint density at radius 1 is 1.21 bits per heavy atom. The van der Waals surface area contributed by atoms with E-state index in [1.807, 2.05) is 0 Å². The highest BCUT2D eigenvalue weighted by molar-refractivity contribution is 8.55. The zero-order valence-electron chi connectivity index (χ0n) is 25.3. The van der Waals surface area contributed by atoms with Crippen LogP contribution in [-0.2, 0) is 37.3 Å². The first-order valence-electron chi connectivity index (χ1n) is 14.2. The summed E-state index contributed by atoms with van der Waals surface area (Å²) >= 11 is 0.476. The van der Waals surface area contributed by atoms with Crippen LogP contribution in [0.15, 0.2) is 34.5 Å². The molecule has 0 amide bonds. The fourth-order valence-corrected chi connectivity index (χ4v) is 7.77. The molecule has 3 aromatic heterocycles. The number of aliphatic hydroxyl groups is 2. The van der Waals surface area contributed by atoms with E-state index in [0.717, 1.165) is 10.6 Å². The van der Waals surface area contributed by atoms with Crippen LogP contribution in [0.2, 0.25) is 0 Å². The molecule has 2 unspecified atom stereocenters. The van der Waals surface area contributed by atoms with Gasteiger partial charge >= 0.3 is 18.6 Å². The second-order valence-electron chi connectivity index (χ2n) is 10.6. The van der Waals surface area contributed by atoms with Gasteiger partial charge in [-0.2, -0.15) is 0 Å². The number of imidazole rings is 1. The zero-order valence-corrected chi connectivity index (χ0v) is 27.0. The van der Waals surface area contributed by atoms with E-state index in [2.05, 4.69) is 19.9 Å². The molecule has 0 spiro atoms. The fourth-order valence-electron chi connectivity index (χ4n) is 4.98. The summed E-state index contributed by atoms with van der Waals surface area (Å²) in [5, 5.41) is 20.9. The topological polar surface area (TPSA) is 264 Å². The number of H-pyrrole nitrogens is 1. The normalized spacial score (nSPS) is 27.3. The summed E-state index contributed by atoms with van der Waals surface area (Å²) in [6.45, 7) is -2.26. The number of anilines is 1. The first-order chi connectivity index (χ1) is 22.4. The summed E-state index contributed by atoms with van der Waals surface area (Å²) in [5.41, 5.74) is 5.13. The van der Waals surface area contributed by atoms with Gasteiger partial charge in [0.2, 0.25) is 0 Å². The van der Waals surface area contributed by atoms with Crippen LogP contribution in [0, 0.1) is 0 Å². The second kappa shape index (κ2) is 14.8. The number of methoxy groups -OCH3 is 1. The van der Waals surface area contributed by atoms with Crippen molar-refractivity contribution < 1.29 is 52.3 Å². The minimum atomic E-state index is -4.38. The van der Waals surface area contributed by atoms with E-state index in [1.54, 1.807) is 18.4 Å². The van der Waals surface area contributed by atoms with Crippen LogP contribution in [-0.4, -0.2) is 108 Å². The average Bonchev–Trinajstić information content (AvgIpc) is 3.71. The monoisotopic (exact) mass is 703 g/mol. The summed E-state index contributed by atoms with van der Waals surface area (Å²) in [7, 11) is 1.28. The van der Waals surface area contributed by atoms with Crippen LogP contribution in [0.5, 0.6) is 0 Å². The standard InChI is InChI=1S/C25H34N7O13PS/c1-12(2)42-25(37)40-11-47-46(38,45-19-14(7-33)44-23(20(19)39-3)31-5-4-16(35)30-24(31)36)41-8-15-13(34)6-17(43-15)32-10-29-18-21(26)27-9-28-22(18)32/h4-5,9-10,12-15,17,19-20,23,33-34H,6-8,11H2,1-3H3,(H2,26,27,28)(H,30,35,36)/t13-,14-,15-,17-,19?,20+,23-,46?/m1/s1. The Balaban J connectivity index is 1.34. The van der Waals surface area contributed by atoms with Gasteiger partial charge in [0, 0.05) is 37.2 Å². The third-order valence-corrected chi connectivity index (χ3v) is 10.5. The molecule has 3 aromatic rings. The molecule has 2 aliphatic rings. The molecule has 5 heterocycles. The van der Waals surface area contributed by atoms with Crippen LogP contribution >= 0.6 is 18.2 Å². The van der Waals surface area contributed by atoms with E-state index in [9.17, 15) is 29.2 Å². The number of aromatic nitrogens is 6. The zero-order chi connectivity index (χ0) is 33.9. The van der Waals surface area contributed by atoms with Crippen molar-refractivity contribution in [1.29, 1.82) is 0 Å². The Morgan fingerprint density at radius 3 is 2.70 bits per heavy atom. The maximum absolute atomic E-state index is 14.2. The molecule has 0 saturated carbocycles.